The quantitative estimate of drug-likeness (QED) is 0.600. The molecule has 0 heterocycles. The SMILES string of the molecule is O=S([O-])N(OCc1ccccc1)Oc1ccccc1. The predicted octanol–water partition coefficient (Wildman–Crippen LogP) is 2.21. The van der Waals surface area contributed by atoms with Gasteiger partial charge in [0.05, 0.1) is 22.5 Å². The van der Waals surface area contributed by atoms with Gasteiger partial charge in [-0.2, -0.15) is 0 Å². The Morgan fingerprint density at radius 3 is 2.16 bits per heavy atom. The van der Waals surface area contributed by atoms with Crippen LogP contribution >= 0.6 is 0 Å². The van der Waals surface area contributed by atoms with Gasteiger partial charge in [-0.25, -0.2) is 4.84 Å². The van der Waals surface area contributed by atoms with Gasteiger partial charge >= 0.3 is 0 Å². The van der Waals surface area contributed by atoms with Crippen LogP contribution in [0.4, 0.5) is 0 Å². The molecule has 1 unspecified atom stereocenters. The van der Waals surface area contributed by atoms with Crippen molar-refractivity contribution < 1.29 is 18.4 Å². The summed E-state index contributed by atoms with van der Waals surface area (Å²) in [5.41, 5.74) is 0.842. The fourth-order valence-corrected chi connectivity index (χ4v) is 1.65. The van der Waals surface area contributed by atoms with Crippen molar-refractivity contribution in [2.24, 2.45) is 0 Å². The van der Waals surface area contributed by atoms with Crippen molar-refractivity contribution in [3.05, 3.63) is 66.2 Å². The fraction of sp³-hybridized carbons (Fsp3) is 0.0769. The van der Waals surface area contributed by atoms with Crippen LogP contribution in [0.15, 0.2) is 60.7 Å². The Balaban J connectivity index is 1.95. The average Bonchev–Trinajstić information content (AvgIpc) is 2.45. The highest BCUT2D eigenvalue weighted by Crippen LogP contribution is 2.12. The van der Waals surface area contributed by atoms with Crippen LogP contribution in [0.1, 0.15) is 5.56 Å². The molecule has 6 heteroatoms. The Kier molecular flexibility index (Phi) is 5.05. The molecule has 0 aliphatic carbocycles. The second-order valence-corrected chi connectivity index (χ2v) is 4.34. The summed E-state index contributed by atoms with van der Waals surface area (Å²) in [7, 11) is 0. The molecule has 0 saturated heterocycles. The Hall–Kier alpha value is -1.73. The standard InChI is InChI=1S/C13H13NO4S/c15-19(16)14(18-13-9-5-2-6-10-13)17-11-12-7-3-1-4-8-12/h1-10H,11H2,(H,15,16)/p-1. The normalized spacial score (nSPS) is 12.3. The fourth-order valence-electron chi connectivity index (χ4n) is 1.37. The molecule has 19 heavy (non-hydrogen) atoms. The maximum absolute atomic E-state index is 11.0. The lowest BCUT2D eigenvalue weighted by molar-refractivity contribution is -0.254. The zero-order chi connectivity index (χ0) is 13.5. The number of rotatable bonds is 6. The highest BCUT2D eigenvalue weighted by Gasteiger charge is 2.09. The van der Waals surface area contributed by atoms with Crippen LogP contribution in [-0.2, 0) is 22.7 Å². The first-order chi connectivity index (χ1) is 9.25. The van der Waals surface area contributed by atoms with E-state index in [1.54, 1.807) is 30.3 Å². The summed E-state index contributed by atoms with van der Waals surface area (Å²) in [6, 6.07) is 17.7. The molecular weight excluding hydrogens is 266 g/mol. The van der Waals surface area contributed by atoms with Crippen LogP contribution in [0.25, 0.3) is 0 Å². The average molecular weight is 278 g/mol. The van der Waals surface area contributed by atoms with Gasteiger partial charge in [-0.1, -0.05) is 48.5 Å². The second kappa shape index (κ2) is 7.01. The molecule has 100 valence electrons. The van der Waals surface area contributed by atoms with E-state index < -0.39 is 11.3 Å². The first-order valence-corrected chi connectivity index (χ1v) is 6.58. The highest BCUT2D eigenvalue weighted by molar-refractivity contribution is 7.76. The minimum absolute atomic E-state index is 0.0989. The minimum Gasteiger partial charge on any atom is -0.755 e. The number of nitrogens with zero attached hydrogens (tertiary/aromatic N) is 1. The Labute approximate surface area is 113 Å². The number of para-hydroxylation sites is 1. The van der Waals surface area contributed by atoms with E-state index in [1.165, 1.54) is 0 Å². The van der Waals surface area contributed by atoms with E-state index in [4.69, 9.17) is 9.68 Å². The van der Waals surface area contributed by atoms with E-state index >= 15 is 0 Å². The Morgan fingerprint density at radius 2 is 1.58 bits per heavy atom. The van der Waals surface area contributed by atoms with Gasteiger partial charge in [0.1, 0.15) is 0 Å². The molecule has 0 aliphatic heterocycles. The van der Waals surface area contributed by atoms with Gasteiger partial charge in [0.25, 0.3) is 0 Å². The van der Waals surface area contributed by atoms with E-state index in [9.17, 15) is 8.76 Å². The van der Waals surface area contributed by atoms with Crippen molar-refractivity contribution in [1.82, 2.24) is 4.63 Å². The summed E-state index contributed by atoms with van der Waals surface area (Å²) in [5.74, 6) is 0.375. The zero-order valence-electron chi connectivity index (χ0n) is 9.97. The third kappa shape index (κ3) is 4.46. The largest absolute Gasteiger partial charge is 0.755 e. The molecule has 5 nitrogen and oxygen atoms in total. The summed E-state index contributed by atoms with van der Waals surface area (Å²) in [6.07, 6.45) is 0. The van der Waals surface area contributed by atoms with Gasteiger partial charge in [0.15, 0.2) is 5.75 Å². The third-order valence-electron chi connectivity index (χ3n) is 2.22. The van der Waals surface area contributed by atoms with Crippen LogP contribution in [0.3, 0.4) is 0 Å². The molecule has 2 aromatic rings. The van der Waals surface area contributed by atoms with Gasteiger partial charge in [0, 0.05) is 0 Å². The van der Waals surface area contributed by atoms with Crippen LogP contribution in [0.2, 0.25) is 0 Å². The van der Waals surface area contributed by atoms with Crippen LogP contribution in [0.5, 0.6) is 5.75 Å². The number of hydrogen-bond donors (Lipinski definition) is 0. The molecule has 0 saturated carbocycles. The summed E-state index contributed by atoms with van der Waals surface area (Å²) in [4.78, 5) is 10.2. The van der Waals surface area contributed by atoms with E-state index in [0.29, 0.717) is 10.4 Å². The van der Waals surface area contributed by atoms with Crippen LogP contribution in [0, 0.1) is 0 Å². The molecule has 0 aromatic heterocycles. The topological polar surface area (TPSA) is 61.8 Å². The summed E-state index contributed by atoms with van der Waals surface area (Å²) in [6.45, 7) is 0.0989. The van der Waals surface area contributed by atoms with E-state index in [0.717, 1.165) is 5.56 Å². The molecule has 0 N–H and O–H groups in total. The van der Waals surface area contributed by atoms with Gasteiger partial charge in [-0.3, -0.25) is 4.21 Å². The lowest BCUT2D eigenvalue weighted by Crippen LogP contribution is -2.29. The van der Waals surface area contributed by atoms with E-state index in [1.807, 2.05) is 30.3 Å². The Bertz CT molecular complexity index is 521. The third-order valence-corrected chi connectivity index (χ3v) is 2.65. The van der Waals surface area contributed by atoms with Crippen molar-refractivity contribution in [2.45, 2.75) is 6.61 Å². The molecule has 0 aliphatic rings. The van der Waals surface area contributed by atoms with Crippen LogP contribution in [-0.4, -0.2) is 13.4 Å². The molecule has 0 spiro atoms. The molecule has 1 atom stereocenters. The molecule has 2 rings (SSSR count). The predicted molar refractivity (Wildman–Crippen MR) is 69.1 cm³/mol. The second-order valence-electron chi connectivity index (χ2n) is 3.60. The maximum Gasteiger partial charge on any atom is 0.151 e. The minimum atomic E-state index is -2.64. The Morgan fingerprint density at radius 1 is 1.00 bits per heavy atom. The molecule has 2 aromatic carbocycles. The van der Waals surface area contributed by atoms with Crippen LogP contribution < -0.4 is 4.84 Å². The van der Waals surface area contributed by atoms with Crippen molar-refractivity contribution in [3.63, 3.8) is 0 Å². The smallest absolute Gasteiger partial charge is 0.151 e. The van der Waals surface area contributed by atoms with E-state index in [2.05, 4.69) is 0 Å². The molecule has 0 bridgehead atoms. The molecule has 0 fully saturated rings. The highest BCUT2D eigenvalue weighted by atomic mass is 32.2. The molecule has 0 amide bonds. The molecular formula is C13H12NO4S-. The van der Waals surface area contributed by atoms with Gasteiger partial charge < -0.3 is 9.39 Å². The number of hydrogen-bond acceptors (Lipinski definition) is 4. The zero-order valence-corrected chi connectivity index (χ0v) is 10.8. The number of benzene rings is 2. The van der Waals surface area contributed by atoms with E-state index in [-0.39, 0.29) is 6.61 Å². The summed E-state index contributed by atoms with van der Waals surface area (Å²) in [5, 5.41) is 0. The summed E-state index contributed by atoms with van der Waals surface area (Å²) >= 11 is -2.64. The monoisotopic (exact) mass is 278 g/mol. The van der Waals surface area contributed by atoms with Crippen molar-refractivity contribution in [3.8, 4) is 5.75 Å². The lowest BCUT2D eigenvalue weighted by Gasteiger charge is -2.22. The summed E-state index contributed by atoms with van der Waals surface area (Å²) < 4.78 is 22.4. The first kappa shape index (κ1) is 13.7. The van der Waals surface area contributed by atoms with Gasteiger partial charge in [0.2, 0.25) is 0 Å². The first-order valence-electron chi connectivity index (χ1n) is 5.55. The molecule has 0 radical (unpaired) electrons. The van der Waals surface area contributed by atoms with Gasteiger partial charge in [-0.05, 0) is 17.7 Å². The van der Waals surface area contributed by atoms with Crippen molar-refractivity contribution >= 4 is 11.3 Å². The maximum atomic E-state index is 11.0. The lowest BCUT2D eigenvalue weighted by atomic mass is 10.2. The van der Waals surface area contributed by atoms with Gasteiger partial charge in [-0.15, -0.1) is 0 Å². The van der Waals surface area contributed by atoms with Crippen molar-refractivity contribution in [1.29, 1.82) is 0 Å². The van der Waals surface area contributed by atoms with Crippen molar-refractivity contribution in [2.75, 3.05) is 0 Å².